The number of primary amides is 1. The fourth-order valence-electron chi connectivity index (χ4n) is 1.98. The number of carbonyl (C=O) groups is 2. The van der Waals surface area contributed by atoms with E-state index >= 15 is 0 Å². The van der Waals surface area contributed by atoms with E-state index in [1.54, 1.807) is 12.1 Å². The molecule has 2 amide bonds. The third-order valence-corrected chi connectivity index (χ3v) is 3.10. The van der Waals surface area contributed by atoms with Crippen molar-refractivity contribution in [2.45, 2.75) is 38.8 Å². The number of hydrogen-bond acceptors (Lipinski definition) is 4. The summed E-state index contributed by atoms with van der Waals surface area (Å²) < 4.78 is 0. The molecule has 1 rings (SSSR count). The van der Waals surface area contributed by atoms with Gasteiger partial charge in [-0.05, 0) is 30.0 Å². The van der Waals surface area contributed by atoms with Crippen LogP contribution in [0.2, 0.25) is 0 Å². The van der Waals surface area contributed by atoms with Crippen LogP contribution in [0.25, 0.3) is 0 Å². The first-order chi connectivity index (χ1) is 9.79. The first kappa shape index (κ1) is 17.0. The zero-order valence-electron chi connectivity index (χ0n) is 12.4. The lowest BCUT2D eigenvalue weighted by atomic mass is 10.0. The molecule has 2 atom stereocenters. The summed E-state index contributed by atoms with van der Waals surface area (Å²) in [7, 11) is 0. The lowest BCUT2D eigenvalue weighted by molar-refractivity contribution is -0.128. The third-order valence-electron chi connectivity index (χ3n) is 3.10. The minimum absolute atomic E-state index is 0.136. The highest BCUT2D eigenvalue weighted by Crippen LogP contribution is 2.11. The molecule has 0 saturated carbocycles. The predicted molar refractivity (Wildman–Crippen MR) is 80.4 cm³/mol. The number of aromatic hydroxyl groups is 1. The smallest absolute Gasteiger partial charge is 0.240 e. The average Bonchev–Trinajstić information content (AvgIpc) is 2.39. The topological polar surface area (TPSA) is 118 Å². The molecule has 1 aromatic rings. The van der Waals surface area contributed by atoms with Gasteiger partial charge < -0.3 is 21.9 Å². The van der Waals surface area contributed by atoms with E-state index in [1.165, 1.54) is 12.1 Å². The van der Waals surface area contributed by atoms with Crippen molar-refractivity contribution in [3.63, 3.8) is 0 Å². The molecule has 0 aliphatic heterocycles. The summed E-state index contributed by atoms with van der Waals surface area (Å²) in [6, 6.07) is 4.89. The molecule has 6 nitrogen and oxygen atoms in total. The number of hydrogen-bond donors (Lipinski definition) is 4. The van der Waals surface area contributed by atoms with Gasteiger partial charge >= 0.3 is 0 Å². The molecule has 6 N–H and O–H groups in total. The fraction of sp³-hybridized carbons (Fsp3) is 0.467. The van der Waals surface area contributed by atoms with Gasteiger partial charge in [0.1, 0.15) is 11.8 Å². The maximum absolute atomic E-state index is 12.0. The Labute approximate surface area is 124 Å². The zero-order chi connectivity index (χ0) is 16.0. The van der Waals surface area contributed by atoms with Crippen molar-refractivity contribution >= 4 is 11.8 Å². The highest BCUT2D eigenvalue weighted by Gasteiger charge is 2.22. The molecule has 0 fully saturated rings. The molecule has 0 aliphatic rings. The molecule has 0 unspecified atom stereocenters. The highest BCUT2D eigenvalue weighted by molar-refractivity contribution is 5.89. The lowest BCUT2D eigenvalue weighted by Crippen LogP contribution is -2.51. The molecule has 1 aromatic carbocycles. The number of nitrogens with two attached hydrogens (primary N) is 2. The number of phenols is 1. The Morgan fingerprint density at radius 3 is 2.29 bits per heavy atom. The summed E-state index contributed by atoms with van der Waals surface area (Å²) in [5.41, 5.74) is 11.9. The standard InChI is InChI=1S/C15H23N3O3/c1-9(2)7-12(16)15(21)18-13(14(17)20)8-10-3-5-11(19)6-4-10/h3-6,9,12-13,19H,7-8,16H2,1-2H3,(H2,17,20)(H,18,21)/t12-,13-/m0/s1. The number of phenolic OH excluding ortho intramolecular Hbond substituents is 1. The van der Waals surface area contributed by atoms with Crippen molar-refractivity contribution in [2.75, 3.05) is 0 Å². The molecule has 0 radical (unpaired) electrons. The summed E-state index contributed by atoms with van der Waals surface area (Å²) >= 11 is 0. The zero-order valence-corrected chi connectivity index (χ0v) is 12.4. The van der Waals surface area contributed by atoms with Crippen molar-refractivity contribution < 1.29 is 14.7 Å². The minimum Gasteiger partial charge on any atom is -0.508 e. The first-order valence-electron chi connectivity index (χ1n) is 6.92. The van der Waals surface area contributed by atoms with E-state index in [4.69, 9.17) is 11.5 Å². The van der Waals surface area contributed by atoms with E-state index in [1.807, 2.05) is 13.8 Å². The quantitative estimate of drug-likeness (QED) is 0.577. The second kappa shape index (κ2) is 7.64. The monoisotopic (exact) mass is 293 g/mol. The van der Waals surface area contributed by atoms with Crippen LogP contribution in [0.4, 0.5) is 0 Å². The number of nitrogens with one attached hydrogen (secondary N) is 1. The second-order valence-electron chi connectivity index (χ2n) is 5.57. The molecule has 0 aliphatic carbocycles. The Morgan fingerprint density at radius 1 is 1.24 bits per heavy atom. The van der Waals surface area contributed by atoms with Gasteiger partial charge in [-0.15, -0.1) is 0 Å². The molecule has 0 heterocycles. The van der Waals surface area contributed by atoms with Gasteiger partial charge in [0.05, 0.1) is 6.04 Å². The SMILES string of the molecule is CC(C)C[C@H](N)C(=O)N[C@@H](Cc1ccc(O)cc1)C(N)=O. The Balaban J connectivity index is 2.67. The van der Waals surface area contributed by atoms with Gasteiger partial charge in [0.25, 0.3) is 0 Å². The maximum atomic E-state index is 12.0. The van der Waals surface area contributed by atoms with Gasteiger partial charge in [-0.3, -0.25) is 9.59 Å². The van der Waals surface area contributed by atoms with Gasteiger partial charge in [-0.25, -0.2) is 0 Å². The van der Waals surface area contributed by atoms with E-state index in [9.17, 15) is 14.7 Å². The van der Waals surface area contributed by atoms with Gasteiger partial charge in [-0.1, -0.05) is 26.0 Å². The van der Waals surface area contributed by atoms with E-state index in [-0.39, 0.29) is 24.0 Å². The Bertz CT molecular complexity index is 485. The second-order valence-corrected chi connectivity index (χ2v) is 5.57. The maximum Gasteiger partial charge on any atom is 0.240 e. The van der Waals surface area contributed by atoms with Crippen molar-refractivity contribution in [3.8, 4) is 5.75 Å². The number of rotatable bonds is 7. The Morgan fingerprint density at radius 2 is 1.81 bits per heavy atom. The van der Waals surface area contributed by atoms with Crippen LogP contribution in [0.3, 0.4) is 0 Å². The largest absolute Gasteiger partial charge is 0.508 e. The van der Waals surface area contributed by atoms with Crippen LogP contribution in [-0.2, 0) is 16.0 Å². The van der Waals surface area contributed by atoms with Crippen LogP contribution in [0.15, 0.2) is 24.3 Å². The van der Waals surface area contributed by atoms with Gasteiger partial charge in [0.2, 0.25) is 11.8 Å². The van der Waals surface area contributed by atoms with E-state index in [2.05, 4.69) is 5.32 Å². The van der Waals surface area contributed by atoms with Crippen molar-refractivity contribution in [2.24, 2.45) is 17.4 Å². The van der Waals surface area contributed by atoms with E-state index in [0.29, 0.717) is 6.42 Å². The van der Waals surface area contributed by atoms with Crippen LogP contribution in [-0.4, -0.2) is 29.0 Å². The molecule has 0 saturated heterocycles. The molecule has 6 heteroatoms. The summed E-state index contributed by atoms with van der Waals surface area (Å²) in [4.78, 5) is 23.4. The average molecular weight is 293 g/mol. The van der Waals surface area contributed by atoms with Crippen LogP contribution in [0.5, 0.6) is 5.75 Å². The number of carbonyl (C=O) groups excluding carboxylic acids is 2. The van der Waals surface area contributed by atoms with Crippen LogP contribution in [0.1, 0.15) is 25.8 Å². The molecule has 116 valence electrons. The molecule has 0 bridgehead atoms. The van der Waals surface area contributed by atoms with Crippen LogP contribution < -0.4 is 16.8 Å². The number of benzene rings is 1. The van der Waals surface area contributed by atoms with Crippen LogP contribution in [0, 0.1) is 5.92 Å². The summed E-state index contributed by atoms with van der Waals surface area (Å²) in [6.45, 7) is 3.93. The van der Waals surface area contributed by atoms with Crippen molar-refractivity contribution in [3.05, 3.63) is 29.8 Å². The summed E-state index contributed by atoms with van der Waals surface area (Å²) in [6.07, 6.45) is 0.798. The van der Waals surface area contributed by atoms with Crippen LogP contribution >= 0.6 is 0 Å². The van der Waals surface area contributed by atoms with Gasteiger partial charge in [0, 0.05) is 6.42 Å². The Kier molecular flexibility index (Phi) is 6.17. The lowest BCUT2D eigenvalue weighted by Gasteiger charge is -2.19. The normalized spacial score (nSPS) is 13.7. The van der Waals surface area contributed by atoms with Gasteiger partial charge in [0.15, 0.2) is 0 Å². The highest BCUT2D eigenvalue weighted by atomic mass is 16.3. The summed E-state index contributed by atoms with van der Waals surface area (Å²) in [5, 5.41) is 11.8. The van der Waals surface area contributed by atoms with Crippen molar-refractivity contribution in [1.82, 2.24) is 5.32 Å². The Hall–Kier alpha value is -2.08. The van der Waals surface area contributed by atoms with E-state index in [0.717, 1.165) is 5.56 Å². The molecule has 21 heavy (non-hydrogen) atoms. The minimum atomic E-state index is -0.819. The molecule has 0 aromatic heterocycles. The first-order valence-corrected chi connectivity index (χ1v) is 6.92. The summed E-state index contributed by atoms with van der Waals surface area (Å²) in [5.74, 6) is -0.577. The fourth-order valence-corrected chi connectivity index (χ4v) is 1.98. The van der Waals surface area contributed by atoms with Crippen molar-refractivity contribution in [1.29, 1.82) is 0 Å². The number of amides is 2. The third kappa shape index (κ3) is 5.83. The molecular formula is C15H23N3O3. The van der Waals surface area contributed by atoms with Gasteiger partial charge in [-0.2, -0.15) is 0 Å². The predicted octanol–water partition coefficient (Wildman–Crippen LogP) is 0.278. The van der Waals surface area contributed by atoms with E-state index < -0.39 is 18.0 Å². The molecular weight excluding hydrogens is 270 g/mol. The molecule has 0 spiro atoms.